The zero-order valence-corrected chi connectivity index (χ0v) is 5.38. The fourth-order valence-electron chi connectivity index (χ4n) is 0.575. The highest BCUT2D eigenvalue weighted by molar-refractivity contribution is 7.10. The number of aryl methyl sites for hydroxylation is 2. The molecule has 0 fully saturated rings. The van der Waals surface area contributed by atoms with Crippen molar-refractivity contribution >= 4 is 11.3 Å². The number of hydrogen-bond acceptors (Lipinski definition) is 1. The summed E-state index contributed by atoms with van der Waals surface area (Å²) < 4.78 is 0. The van der Waals surface area contributed by atoms with Crippen LogP contribution >= 0.6 is 11.3 Å². The molecule has 38 valence electrons. The van der Waals surface area contributed by atoms with E-state index in [-0.39, 0.29) is 0 Å². The van der Waals surface area contributed by atoms with Crippen molar-refractivity contribution in [3.63, 3.8) is 0 Å². The summed E-state index contributed by atoms with van der Waals surface area (Å²) >= 11 is 1.80. The molecule has 1 aromatic rings. The Morgan fingerprint density at radius 1 is 1.43 bits per heavy atom. The molecule has 0 bridgehead atoms. The lowest BCUT2D eigenvalue weighted by atomic mass is 10.4. The largest absolute Gasteiger partial charge is 0.149 e. The molecule has 1 heteroatoms. The van der Waals surface area contributed by atoms with Crippen LogP contribution in [0.1, 0.15) is 10.4 Å². The summed E-state index contributed by atoms with van der Waals surface area (Å²) in [5.41, 5.74) is 1.38. The molecule has 0 spiro atoms. The van der Waals surface area contributed by atoms with Gasteiger partial charge in [-0.05, 0) is 30.9 Å². The minimum Gasteiger partial charge on any atom is -0.149 e. The van der Waals surface area contributed by atoms with Crippen LogP contribution < -0.4 is 0 Å². The number of hydrogen-bond donors (Lipinski definition) is 0. The van der Waals surface area contributed by atoms with Gasteiger partial charge in [0.2, 0.25) is 0 Å². The molecule has 0 unspecified atom stereocenters. The minimum atomic E-state index is 1.38. The van der Waals surface area contributed by atoms with Gasteiger partial charge in [0.25, 0.3) is 0 Å². The topological polar surface area (TPSA) is 0 Å². The maximum absolute atomic E-state index is 2.19. The third-order valence-electron chi connectivity index (χ3n) is 0.862. The Bertz CT molecular complexity index is 136. The van der Waals surface area contributed by atoms with Crippen LogP contribution in [0.25, 0.3) is 0 Å². The molecule has 0 saturated heterocycles. The van der Waals surface area contributed by atoms with E-state index in [1.807, 2.05) is 0 Å². The summed E-state index contributed by atoms with van der Waals surface area (Å²) in [6.07, 6.45) is 0. The van der Waals surface area contributed by atoms with E-state index < -0.39 is 0 Å². The van der Waals surface area contributed by atoms with Crippen LogP contribution in [0, 0.1) is 13.8 Å². The Morgan fingerprint density at radius 3 is 2.29 bits per heavy atom. The van der Waals surface area contributed by atoms with Crippen LogP contribution in [0.3, 0.4) is 0 Å². The zero-order chi connectivity index (χ0) is 5.28. The average Bonchev–Trinajstić information content (AvgIpc) is 1.87. The van der Waals surface area contributed by atoms with E-state index in [0.29, 0.717) is 0 Å². The Morgan fingerprint density at radius 2 is 2.14 bits per heavy atom. The van der Waals surface area contributed by atoms with Gasteiger partial charge >= 0.3 is 0 Å². The van der Waals surface area contributed by atoms with Crippen molar-refractivity contribution in [2.45, 2.75) is 13.8 Å². The SMILES string of the molecule is Cc1csc(C)c1. The van der Waals surface area contributed by atoms with Crippen LogP contribution in [0.4, 0.5) is 0 Å². The highest BCUT2D eigenvalue weighted by Gasteiger charge is 1.84. The Labute approximate surface area is 47.8 Å². The average molecular weight is 112 g/mol. The standard InChI is InChI=1S/C6H8S/c1-5-3-6(2)7-4-5/h3-4H,1-2H3. The lowest BCUT2D eigenvalue weighted by Crippen LogP contribution is -1.53. The van der Waals surface area contributed by atoms with Crippen molar-refractivity contribution < 1.29 is 0 Å². The third-order valence-corrected chi connectivity index (χ3v) is 1.84. The highest BCUT2D eigenvalue weighted by Crippen LogP contribution is 2.10. The summed E-state index contributed by atoms with van der Waals surface area (Å²) in [6.45, 7) is 4.24. The first-order valence-corrected chi connectivity index (χ1v) is 3.19. The van der Waals surface area contributed by atoms with Crippen molar-refractivity contribution in [1.82, 2.24) is 0 Å². The zero-order valence-electron chi connectivity index (χ0n) is 4.56. The first kappa shape index (κ1) is 4.85. The molecule has 0 atom stereocenters. The summed E-state index contributed by atoms with van der Waals surface area (Å²) in [5.74, 6) is 0. The predicted molar refractivity (Wildman–Crippen MR) is 33.8 cm³/mol. The van der Waals surface area contributed by atoms with E-state index in [1.165, 1.54) is 10.4 Å². The first-order valence-electron chi connectivity index (χ1n) is 2.31. The molecular weight excluding hydrogens is 104 g/mol. The van der Waals surface area contributed by atoms with Gasteiger partial charge in [0, 0.05) is 4.88 Å². The molecule has 0 radical (unpaired) electrons. The molecule has 1 rings (SSSR count). The highest BCUT2D eigenvalue weighted by atomic mass is 32.1. The molecule has 1 aromatic heterocycles. The van der Waals surface area contributed by atoms with Gasteiger partial charge in [0.1, 0.15) is 0 Å². The lowest BCUT2D eigenvalue weighted by molar-refractivity contribution is 1.51. The molecule has 7 heavy (non-hydrogen) atoms. The molecule has 0 nitrogen and oxygen atoms in total. The normalized spacial score (nSPS) is 9.43. The van der Waals surface area contributed by atoms with Gasteiger partial charge < -0.3 is 0 Å². The van der Waals surface area contributed by atoms with Gasteiger partial charge in [0.05, 0.1) is 0 Å². The van der Waals surface area contributed by atoms with Crippen molar-refractivity contribution in [2.75, 3.05) is 0 Å². The second-order valence-corrected chi connectivity index (χ2v) is 2.85. The van der Waals surface area contributed by atoms with Gasteiger partial charge in [-0.3, -0.25) is 0 Å². The minimum absolute atomic E-state index is 1.38. The fourth-order valence-corrected chi connectivity index (χ4v) is 1.27. The van der Waals surface area contributed by atoms with Crippen molar-refractivity contribution in [3.05, 3.63) is 21.9 Å². The molecule has 0 aliphatic heterocycles. The first-order chi connectivity index (χ1) is 3.29. The van der Waals surface area contributed by atoms with Crippen molar-refractivity contribution in [3.8, 4) is 0 Å². The number of rotatable bonds is 0. The van der Waals surface area contributed by atoms with E-state index in [4.69, 9.17) is 0 Å². The van der Waals surface area contributed by atoms with Gasteiger partial charge in [0.15, 0.2) is 0 Å². The molecule has 0 N–H and O–H groups in total. The summed E-state index contributed by atoms with van der Waals surface area (Å²) in [7, 11) is 0. The Kier molecular flexibility index (Phi) is 1.15. The van der Waals surface area contributed by atoms with Crippen LogP contribution in [0.5, 0.6) is 0 Å². The Balaban J connectivity index is 3.04. The van der Waals surface area contributed by atoms with Crippen LogP contribution in [-0.4, -0.2) is 0 Å². The third kappa shape index (κ3) is 1.03. The molecule has 0 aromatic carbocycles. The second-order valence-electron chi connectivity index (χ2n) is 1.73. The maximum Gasteiger partial charge on any atom is 0.00169 e. The molecule has 1 heterocycles. The van der Waals surface area contributed by atoms with Gasteiger partial charge in [-0.1, -0.05) is 0 Å². The van der Waals surface area contributed by atoms with Gasteiger partial charge in [-0.2, -0.15) is 0 Å². The smallest absolute Gasteiger partial charge is 0.00169 e. The van der Waals surface area contributed by atoms with Crippen LogP contribution in [0.2, 0.25) is 0 Å². The summed E-state index contributed by atoms with van der Waals surface area (Å²) in [5, 5.41) is 2.16. The predicted octanol–water partition coefficient (Wildman–Crippen LogP) is 2.36. The van der Waals surface area contributed by atoms with Crippen LogP contribution in [-0.2, 0) is 0 Å². The molecular formula is C6H8S. The van der Waals surface area contributed by atoms with E-state index in [2.05, 4.69) is 25.3 Å². The van der Waals surface area contributed by atoms with E-state index in [1.54, 1.807) is 11.3 Å². The summed E-state index contributed by atoms with van der Waals surface area (Å²) in [4.78, 5) is 1.40. The molecule has 0 aliphatic carbocycles. The van der Waals surface area contributed by atoms with E-state index in [0.717, 1.165) is 0 Å². The van der Waals surface area contributed by atoms with Crippen LogP contribution in [0.15, 0.2) is 11.4 Å². The number of thiophene rings is 1. The van der Waals surface area contributed by atoms with Gasteiger partial charge in [-0.25, -0.2) is 0 Å². The maximum atomic E-state index is 2.19. The van der Waals surface area contributed by atoms with Crippen molar-refractivity contribution in [2.24, 2.45) is 0 Å². The lowest BCUT2D eigenvalue weighted by Gasteiger charge is -1.70. The Hall–Kier alpha value is -0.300. The fraction of sp³-hybridized carbons (Fsp3) is 0.333. The van der Waals surface area contributed by atoms with Gasteiger partial charge in [-0.15, -0.1) is 11.3 Å². The quantitative estimate of drug-likeness (QED) is 0.483. The van der Waals surface area contributed by atoms with E-state index in [9.17, 15) is 0 Å². The monoisotopic (exact) mass is 112 g/mol. The molecule has 0 aliphatic rings. The molecule has 0 amide bonds. The summed E-state index contributed by atoms with van der Waals surface area (Å²) in [6, 6.07) is 2.19. The second kappa shape index (κ2) is 1.66. The van der Waals surface area contributed by atoms with Crippen molar-refractivity contribution in [1.29, 1.82) is 0 Å². The molecule has 0 saturated carbocycles. The van der Waals surface area contributed by atoms with E-state index >= 15 is 0 Å².